The summed E-state index contributed by atoms with van der Waals surface area (Å²) in [5.41, 5.74) is 2.99. The van der Waals surface area contributed by atoms with Crippen molar-refractivity contribution in [2.24, 2.45) is 0 Å². The van der Waals surface area contributed by atoms with Crippen LogP contribution in [0.25, 0.3) is 17.1 Å². The summed E-state index contributed by atoms with van der Waals surface area (Å²) in [4.78, 5) is 19.7. The molecular formula is C22H24N4O. The molecule has 1 saturated heterocycles. The summed E-state index contributed by atoms with van der Waals surface area (Å²) in [5.74, 6) is 0.879. The molecule has 27 heavy (non-hydrogen) atoms. The van der Waals surface area contributed by atoms with E-state index >= 15 is 0 Å². The van der Waals surface area contributed by atoms with Crippen molar-refractivity contribution < 1.29 is 4.79 Å². The predicted octanol–water partition coefficient (Wildman–Crippen LogP) is 4.26. The molecule has 0 saturated carbocycles. The van der Waals surface area contributed by atoms with Crippen molar-refractivity contribution in [3.8, 4) is 17.1 Å². The van der Waals surface area contributed by atoms with Crippen LogP contribution in [0.5, 0.6) is 0 Å². The first-order chi connectivity index (χ1) is 13.1. The maximum atomic E-state index is 13.1. The second kappa shape index (κ2) is 7.35. The highest BCUT2D eigenvalue weighted by Crippen LogP contribution is 2.24. The molecular weight excluding hydrogens is 336 g/mol. The standard InChI is InChI=1S/C22H24N4O/c1-16-9-8-13-19(15-16)26-21(18-11-4-3-5-12-18)23-20(24-26)22(27)25-14-7-6-10-17(25)2/h3-5,8-9,11-13,15,17H,6-7,10,14H2,1-2H3. The Labute approximate surface area is 159 Å². The van der Waals surface area contributed by atoms with Gasteiger partial charge in [-0.2, -0.15) is 0 Å². The van der Waals surface area contributed by atoms with Crippen LogP contribution >= 0.6 is 0 Å². The number of likely N-dealkylation sites (tertiary alicyclic amines) is 1. The summed E-state index contributed by atoms with van der Waals surface area (Å²) in [6, 6.07) is 18.2. The highest BCUT2D eigenvalue weighted by molar-refractivity contribution is 5.91. The zero-order valence-electron chi connectivity index (χ0n) is 15.8. The number of carbonyl (C=O) groups is 1. The Kier molecular flexibility index (Phi) is 4.75. The van der Waals surface area contributed by atoms with Gasteiger partial charge in [0, 0.05) is 18.2 Å². The number of benzene rings is 2. The molecule has 0 aliphatic carbocycles. The van der Waals surface area contributed by atoms with Gasteiger partial charge in [0.25, 0.3) is 5.91 Å². The minimum absolute atomic E-state index is 0.0780. The number of carbonyl (C=O) groups excluding carboxylic acids is 1. The van der Waals surface area contributed by atoms with Crippen molar-refractivity contribution in [3.63, 3.8) is 0 Å². The van der Waals surface area contributed by atoms with Gasteiger partial charge in [0.2, 0.25) is 5.82 Å². The van der Waals surface area contributed by atoms with Crippen LogP contribution in [-0.2, 0) is 0 Å². The Hall–Kier alpha value is -2.95. The van der Waals surface area contributed by atoms with Gasteiger partial charge in [-0.25, -0.2) is 9.67 Å². The van der Waals surface area contributed by atoms with Crippen molar-refractivity contribution in [3.05, 3.63) is 66.0 Å². The number of rotatable bonds is 3. The van der Waals surface area contributed by atoms with E-state index in [4.69, 9.17) is 0 Å². The van der Waals surface area contributed by atoms with Gasteiger partial charge in [0.1, 0.15) is 0 Å². The van der Waals surface area contributed by atoms with Crippen LogP contribution in [0, 0.1) is 6.92 Å². The van der Waals surface area contributed by atoms with Crippen LogP contribution in [-0.4, -0.2) is 38.2 Å². The van der Waals surface area contributed by atoms with Crippen molar-refractivity contribution in [2.75, 3.05) is 6.54 Å². The maximum Gasteiger partial charge on any atom is 0.293 e. The van der Waals surface area contributed by atoms with Crippen LogP contribution in [0.2, 0.25) is 0 Å². The third-order valence-electron chi connectivity index (χ3n) is 5.14. The molecule has 3 aromatic rings. The van der Waals surface area contributed by atoms with Gasteiger partial charge in [-0.3, -0.25) is 4.79 Å². The third-order valence-corrected chi connectivity index (χ3v) is 5.14. The van der Waals surface area contributed by atoms with E-state index in [9.17, 15) is 4.79 Å². The smallest absolute Gasteiger partial charge is 0.293 e. The Bertz CT molecular complexity index is 948. The van der Waals surface area contributed by atoms with E-state index < -0.39 is 0 Å². The van der Waals surface area contributed by atoms with Crippen LogP contribution in [0.15, 0.2) is 54.6 Å². The van der Waals surface area contributed by atoms with Crippen LogP contribution < -0.4 is 0 Å². The Morgan fingerprint density at radius 3 is 2.63 bits per heavy atom. The Balaban J connectivity index is 1.79. The lowest BCUT2D eigenvalue weighted by atomic mass is 10.0. The number of hydrogen-bond donors (Lipinski definition) is 0. The van der Waals surface area contributed by atoms with Crippen molar-refractivity contribution in [1.29, 1.82) is 0 Å². The normalized spacial score (nSPS) is 17.1. The first kappa shape index (κ1) is 17.5. The lowest BCUT2D eigenvalue weighted by Gasteiger charge is -2.32. The van der Waals surface area contributed by atoms with Crippen molar-refractivity contribution in [2.45, 2.75) is 39.2 Å². The molecule has 1 aromatic heterocycles. The number of hydrogen-bond acceptors (Lipinski definition) is 3. The van der Waals surface area contributed by atoms with E-state index in [2.05, 4.69) is 23.1 Å². The Morgan fingerprint density at radius 2 is 1.89 bits per heavy atom. The summed E-state index contributed by atoms with van der Waals surface area (Å²) in [5, 5.41) is 4.62. The fraction of sp³-hybridized carbons (Fsp3) is 0.318. The van der Waals surface area contributed by atoms with Crippen molar-refractivity contribution >= 4 is 5.91 Å². The summed E-state index contributed by atoms with van der Waals surface area (Å²) in [7, 11) is 0. The zero-order valence-corrected chi connectivity index (χ0v) is 15.8. The molecule has 0 spiro atoms. The Morgan fingerprint density at radius 1 is 1.07 bits per heavy atom. The summed E-state index contributed by atoms with van der Waals surface area (Å²) in [6.45, 7) is 4.93. The molecule has 5 heteroatoms. The van der Waals surface area contributed by atoms with Gasteiger partial charge < -0.3 is 4.90 Å². The molecule has 0 N–H and O–H groups in total. The summed E-state index contributed by atoms with van der Waals surface area (Å²) >= 11 is 0. The van der Waals surface area contributed by atoms with Gasteiger partial charge in [-0.15, -0.1) is 5.10 Å². The van der Waals surface area contributed by atoms with E-state index in [-0.39, 0.29) is 17.8 Å². The second-order valence-corrected chi connectivity index (χ2v) is 7.22. The minimum Gasteiger partial charge on any atom is -0.333 e. The minimum atomic E-state index is -0.0780. The summed E-state index contributed by atoms with van der Waals surface area (Å²) in [6.07, 6.45) is 3.25. The fourth-order valence-electron chi connectivity index (χ4n) is 3.64. The van der Waals surface area contributed by atoms with Crippen molar-refractivity contribution in [1.82, 2.24) is 19.7 Å². The molecule has 2 heterocycles. The van der Waals surface area contributed by atoms with E-state index in [0.717, 1.165) is 36.2 Å². The molecule has 1 aliphatic heterocycles. The molecule has 2 aromatic carbocycles. The van der Waals surface area contributed by atoms with Gasteiger partial charge >= 0.3 is 0 Å². The second-order valence-electron chi connectivity index (χ2n) is 7.22. The molecule has 1 amide bonds. The van der Waals surface area contributed by atoms with Gasteiger partial charge in [-0.1, -0.05) is 42.5 Å². The van der Waals surface area contributed by atoms with Crippen LogP contribution in [0.4, 0.5) is 0 Å². The molecule has 4 rings (SSSR count). The summed E-state index contributed by atoms with van der Waals surface area (Å²) < 4.78 is 1.78. The molecule has 1 unspecified atom stereocenters. The lowest BCUT2D eigenvalue weighted by Crippen LogP contribution is -2.42. The molecule has 138 valence electrons. The number of aromatic nitrogens is 3. The molecule has 1 aliphatic rings. The third kappa shape index (κ3) is 3.50. The van der Waals surface area contributed by atoms with E-state index in [1.165, 1.54) is 6.42 Å². The van der Waals surface area contributed by atoms with Crippen LogP contribution in [0.1, 0.15) is 42.4 Å². The fourth-order valence-corrected chi connectivity index (χ4v) is 3.64. The van der Waals surface area contributed by atoms with Gasteiger partial charge in [0.05, 0.1) is 5.69 Å². The first-order valence-electron chi connectivity index (χ1n) is 9.54. The average molecular weight is 360 g/mol. The topological polar surface area (TPSA) is 51.0 Å². The monoisotopic (exact) mass is 360 g/mol. The zero-order chi connectivity index (χ0) is 18.8. The van der Waals surface area contributed by atoms with Gasteiger partial charge in [-0.05, 0) is 50.8 Å². The van der Waals surface area contributed by atoms with Crippen LogP contribution in [0.3, 0.4) is 0 Å². The lowest BCUT2D eigenvalue weighted by molar-refractivity contribution is 0.0623. The molecule has 0 radical (unpaired) electrons. The number of nitrogens with zero attached hydrogens (tertiary/aromatic N) is 4. The van der Waals surface area contributed by atoms with E-state index in [1.54, 1.807) is 4.68 Å². The van der Waals surface area contributed by atoms with E-state index in [0.29, 0.717) is 5.82 Å². The molecule has 0 bridgehead atoms. The molecule has 5 nitrogen and oxygen atoms in total. The average Bonchev–Trinajstić information content (AvgIpc) is 3.14. The maximum absolute atomic E-state index is 13.1. The van der Waals surface area contributed by atoms with E-state index in [1.807, 2.05) is 60.4 Å². The largest absolute Gasteiger partial charge is 0.333 e. The predicted molar refractivity (Wildman–Crippen MR) is 106 cm³/mol. The first-order valence-corrected chi connectivity index (χ1v) is 9.54. The molecule has 1 fully saturated rings. The molecule has 1 atom stereocenters. The van der Waals surface area contributed by atoms with Gasteiger partial charge in [0.15, 0.2) is 5.82 Å². The SMILES string of the molecule is Cc1cccc(-n2nc(C(=O)N3CCCCC3C)nc2-c2ccccc2)c1. The number of piperidine rings is 1. The number of aryl methyl sites for hydroxylation is 1. The quantitative estimate of drug-likeness (QED) is 0.701. The number of amides is 1. The highest BCUT2D eigenvalue weighted by atomic mass is 16.2. The highest BCUT2D eigenvalue weighted by Gasteiger charge is 2.28.